The standard InChI is InChI=1S/C12H18BrN3O2S/c13-10-8-11(12(14)15-9-10)19(17,18)7-3-6-16-4-1-2-5-16/h8-9H,1-7H2,(H2,14,15). The molecule has 1 aliphatic rings. The molecule has 0 atom stereocenters. The molecular weight excluding hydrogens is 330 g/mol. The second kappa shape index (κ2) is 6.19. The van der Waals surface area contributed by atoms with Gasteiger partial charge >= 0.3 is 0 Å². The minimum atomic E-state index is -3.35. The van der Waals surface area contributed by atoms with Gasteiger partial charge in [0.15, 0.2) is 9.84 Å². The van der Waals surface area contributed by atoms with Crippen LogP contribution >= 0.6 is 15.9 Å². The van der Waals surface area contributed by atoms with E-state index in [4.69, 9.17) is 5.73 Å². The molecule has 0 spiro atoms. The number of nitrogens with two attached hydrogens (primary N) is 1. The molecule has 7 heteroatoms. The number of anilines is 1. The Morgan fingerprint density at radius 2 is 2.05 bits per heavy atom. The molecule has 0 unspecified atom stereocenters. The van der Waals surface area contributed by atoms with Gasteiger partial charge in [0.2, 0.25) is 0 Å². The topological polar surface area (TPSA) is 76.3 Å². The summed E-state index contributed by atoms with van der Waals surface area (Å²) in [5, 5.41) is 0. The monoisotopic (exact) mass is 347 g/mol. The van der Waals surface area contributed by atoms with E-state index in [1.165, 1.54) is 25.1 Å². The van der Waals surface area contributed by atoms with Crippen LogP contribution in [0.4, 0.5) is 5.82 Å². The van der Waals surface area contributed by atoms with Gasteiger partial charge in [0.25, 0.3) is 0 Å². The van der Waals surface area contributed by atoms with Crippen LogP contribution in [-0.4, -0.2) is 43.7 Å². The molecule has 19 heavy (non-hydrogen) atoms. The van der Waals surface area contributed by atoms with Gasteiger partial charge in [-0.2, -0.15) is 0 Å². The third-order valence-corrected chi connectivity index (χ3v) is 5.53. The van der Waals surface area contributed by atoms with Crippen LogP contribution in [0.5, 0.6) is 0 Å². The highest BCUT2D eigenvalue weighted by molar-refractivity contribution is 9.10. The molecule has 1 aliphatic heterocycles. The van der Waals surface area contributed by atoms with E-state index >= 15 is 0 Å². The minimum Gasteiger partial charge on any atom is -0.383 e. The van der Waals surface area contributed by atoms with Crippen molar-refractivity contribution in [1.29, 1.82) is 0 Å². The van der Waals surface area contributed by atoms with Crippen molar-refractivity contribution in [2.45, 2.75) is 24.2 Å². The van der Waals surface area contributed by atoms with Crippen LogP contribution in [0.1, 0.15) is 19.3 Å². The molecule has 0 aromatic carbocycles. The average molecular weight is 348 g/mol. The molecule has 1 aromatic rings. The fourth-order valence-corrected chi connectivity index (χ4v) is 4.16. The number of sulfone groups is 1. The van der Waals surface area contributed by atoms with Crippen molar-refractivity contribution in [2.24, 2.45) is 0 Å². The lowest BCUT2D eigenvalue weighted by Crippen LogP contribution is -2.23. The maximum Gasteiger partial charge on any atom is 0.182 e. The van der Waals surface area contributed by atoms with E-state index in [0.717, 1.165) is 19.6 Å². The summed E-state index contributed by atoms with van der Waals surface area (Å²) in [7, 11) is -3.35. The van der Waals surface area contributed by atoms with Crippen molar-refractivity contribution in [2.75, 3.05) is 31.1 Å². The number of rotatable bonds is 5. The quantitative estimate of drug-likeness (QED) is 0.876. The summed E-state index contributed by atoms with van der Waals surface area (Å²) in [6.07, 6.45) is 4.57. The fourth-order valence-electron chi connectivity index (χ4n) is 2.27. The van der Waals surface area contributed by atoms with Crippen LogP contribution < -0.4 is 5.73 Å². The molecule has 1 saturated heterocycles. The highest BCUT2D eigenvalue weighted by Gasteiger charge is 2.20. The smallest absolute Gasteiger partial charge is 0.182 e. The third kappa shape index (κ3) is 3.90. The second-order valence-corrected chi connectivity index (χ2v) is 7.75. The maximum absolute atomic E-state index is 12.2. The lowest BCUT2D eigenvalue weighted by molar-refractivity contribution is 0.340. The molecule has 0 radical (unpaired) electrons. The molecule has 0 saturated carbocycles. The first-order valence-corrected chi connectivity index (χ1v) is 8.80. The number of hydrogen-bond donors (Lipinski definition) is 1. The molecule has 2 N–H and O–H groups in total. The van der Waals surface area contributed by atoms with Crippen molar-refractivity contribution in [3.8, 4) is 0 Å². The van der Waals surface area contributed by atoms with E-state index < -0.39 is 9.84 Å². The Bertz CT molecular complexity index is 542. The van der Waals surface area contributed by atoms with Crippen molar-refractivity contribution in [3.63, 3.8) is 0 Å². The van der Waals surface area contributed by atoms with Gasteiger partial charge in [-0.15, -0.1) is 0 Å². The molecule has 1 fully saturated rings. The number of halogens is 1. The Kier molecular flexibility index (Phi) is 4.81. The van der Waals surface area contributed by atoms with E-state index in [2.05, 4.69) is 25.8 Å². The van der Waals surface area contributed by atoms with Gasteiger partial charge in [0, 0.05) is 10.7 Å². The predicted molar refractivity (Wildman–Crippen MR) is 78.7 cm³/mol. The van der Waals surface area contributed by atoms with Gasteiger partial charge in [-0.1, -0.05) is 0 Å². The summed E-state index contributed by atoms with van der Waals surface area (Å²) in [5.41, 5.74) is 5.65. The van der Waals surface area contributed by atoms with E-state index in [1.807, 2.05) is 0 Å². The Hall–Kier alpha value is -0.660. The number of nitrogen functional groups attached to an aromatic ring is 1. The zero-order valence-corrected chi connectivity index (χ0v) is 13.1. The van der Waals surface area contributed by atoms with Crippen molar-refractivity contribution >= 4 is 31.6 Å². The van der Waals surface area contributed by atoms with Gasteiger partial charge in [-0.25, -0.2) is 13.4 Å². The first kappa shape index (κ1) is 14.7. The second-order valence-electron chi connectivity index (χ2n) is 4.76. The number of likely N-dealkylation sites (tertiary alicyclic amines) is 1. The van der Waals surface area contributed by atoms with Gasteiger partial charge in [-0.05, 0) is 60.9 Å². The van der Waals surface area contributed by atoms with Crippen LogP contribution in [-0.2, 0) is 9.84 Å². The van der Waals surface area contributed by atoms with Gasteiger partial charge in [-0.3, -0.25) is 0 Å². The molecule has 0 amide bonds. The van der Waals surface area contributed by atoms with Crippen molar-refractivity contribution < 1.29 is 8.42 Å². The summed E-state index contributed by atoms with van der Waals surface area (Å²) in [6, 6.07) is 1.52. The van der Waals surface area contributed by atoms with Crippen molar-refractivity contribution in [1.82, 2.24) is 9.88 Å². The van der Waals surface area contributed by atoms with E-state index in [-0.39, 0.29) is 16.5 Å². The number of aromatic nitrogens is 1. The highest BCUT2D eigenvalue weighted by atomic mass is 79.9. The zero-order valence-electron chi connectivity index (χ0n) is 10.7. The van der Waals surface area contributed by atoms with E-state index in [9.17, 15) is 8.42 Å². The van der Waals surface area contributed by atoms with Gasteiger partial charge in [0.1, 0.15) is 10.7 Å². The molecule has 1 aromatic heterocycles. The first-order chi connectivity index (χ1) is 8.99. The number of pyridine rings is 1. The lowest BCUT2D eigenvalue weighted by atomic mass is 10.4. The molecule has 2 heterocycles. The van der Waals surface area contributed by atoms with Crippen LogP contribution in [0, 0.1) is 0 Å². The average Bonchev–Trinajstić information content (AvgIpc) is 2.85. The summed E-state index contributed by atoms with van der Waals surface area (Å²) in [4.78, 5) is 6.30. The normalized spacial score (nSPS) is 16.9. The molecule has 0 bridgehead atoms. The molecule has 5 nitrogen and oxygen atoms in total. The van der Waals surface area contributed by atoms with E-state index in [1.54, 1.807) is 0 Å². The van der Waals surface area contributed by atoms with Crippen LogP contribution in [0.25, 0.3) is 0 Å². The third-order valence-electron chi connectivity index (χ3n) is 3.27. The predicted octanol–water partition coefficient (Wildman–Crippen LogP) is 1.69. The SMILES string of the molecule is Nc1ncc(Br)cc1S(=O)(=O)CCCN1CCCC1. The Morgan fingerprint density at radius 3 is 2.74 bits per heavy atom. The zero-order chi connectivity index (χ0) is 13.9. The summed E-state index contributed by atoms with van der Waals surface area (Å²) in [5.74, 6) is 0.190. The van der Waals surface area contributed by atoms with E-state index in [0.29, 0.717) is 10.9 Å². The number of hydrogen-bond acceptors (Lipinski definition) is 5. The molecule has 106 valence electrons. The molecule has 0 aliphatic carbocycles. The Morgan fingerprint density at radius 1 is 1.37 bits per heavy atom. The number of nitrogens with zero attached hydrogens (tertiary/aromatic N) is 2. The Labute approximate surface area is 122 Å². The first-order valence-electron chi connectivity index (χ1n) is 6.35. The summed E-state index contributed by atoms with van der Waals surface area (Å²) < 4.78 is 25.1. The molecule has 2 rings (SSSR count). The van der Waals surface area contributed by atoms with Crippen molar-refractivity contribution in [3.05, 3.63) is 16.7 Å². The van der Waals surface area contributed by atoms with Crippen LogP contribution in [0.2, 0.25) is 0 Å². The van der Waals surface area contributed by atoms with Crippen LogP contribution in [0.3, 0.4) is 0 Å². The molecular formula is C12H18BrN3O2S. The largest absolute Gasteiger partial charge is 0.383 e. The summed E-state index contributed by atoms with van der Waals surface area (Å²) >= 11 is 3.22. The summed E-state index contributed by atoms with van der Waals surface area (Å²) in [6.45, 7) is 3.00. The minimum absolute atomic E-state index is 0.0735. The Balaban J connectivity index is 1.99. The fraction of sp³-hybridized carbons (Fsp3) is 0.583. The maximum atomic E-state index is 12.2. The van der Waals surface area contributed by atoms with Gasteiger partial charge < -0.3 is 10.6 Å². The lowest BCUT2D eigenvalue weighted by Gasteiger charge is -2.14. The van der Waals surface area contributed by atoms with Crippen LogP contribution in [0.15, 0.2) is 21.6 Å². The van der Waals surface area contributed by atoms with Gasteiger partial charge in [0.05, 0.1) is 5.75 Å². The highest BCUT2D eigenvalue weighted by Crippen LogP contribution is 2.22.